The van der Waals surface area contributed by atoms with Crippen LogP contribution in [0.1, 0.15) is 60.3 Å². The summed E-state index contributed by atoms with van der Waals surface area (Å²) in [6.45, 7) is 9.73. The summed E-state index contributed by atoms with van der Waals surface area (Å²) in [5, 5.41) is 15.9. The van der Waals surface area contributed by atoms with Gasteiger partial charge >= 0.3 is 0 Å². The van der Waals surface area contributed by atoms with Gasteiger partial charge in [-0.15, -0.1) is 0 Å². The van der Waals surface area contributed by atoms with Crippen molar-refractivity contribution in [1.82, 2.24) is 10.2 Å². The molecule has 3 N–H and O–H groups in total. The van der Waals surface area contributed by atoms with E-state index in [9.17, 15) is 19.5 Å². The highest BCUT2D eigenvalue weighted by Gasteiger charge is 2.78. The molecule has 3 amide bonds. The molecule has 198 valence electrons. The van der Waals surface area contributed by atoms with Gasteiger partial charge in [0.2, 0.25) is 17.7 Å². The number of carbonyl (C=O) groups is 3. The molecule has 1 spiro atoms. The van der Waals surface area contributed by atoms with Crippen LogP contribution in [0.4, 0.5) is 5.69 Å². The monoisotopic (exact) mass is 501 g/mol. The fourth-order valence-corrected chi connectivity index (χ4v) is 6.47. The number of hydrogen-bond donors (Lipinski definition) is 3. The number of amides is 3. The van der Waals surface area contributed by atoms with Crippen LogP contribution in [0.15, 0.2) is 24.3 Å². The van der Waals surface area contributed by atoms with Crippen molar-refractivity contribution in [1.29, 1.82) is 0 Å². The van der Waals surface area contributed by atoms with Crippen molar-refractivity contribution in [3.8, 4) is 5.75 Å². The summed E-state index contributed by atoms with van der Waals surface area (Å²) in [7, 11) is 0. The van der Waals surface area contributed by atoms with Crippen LogP contribution in [0.25, 0.3) is 0 Å². The third-order valence-corrected chi connectivity index (χ3v) is 8.03. The molecule has 9 nitrogen and oxygen atoms in total. The first kappa shape index (κ1) is 26.4. The Morgan fingerprint density at radius 3 is 2.50 bits per heavy atom. The Labute approximate surface area is 212 Å². The molecule has 0 aliphatic carbocycles. The van der Waals surface area contributed by atoms with E-state index in [-0.39, 0.29) is 30.4 Å². The lowest BCUT2D eigenvalue weighted by Gasteiger charge is -2.36. The average molecular weight is 502 g/mol. The fourth-order valence-electron chi connectivity index (χ4n) is 6.47. The Bertz CT molecular complexity index is 1000. The zero-order chi connectivity index (χ0) is 26.3. The quantitative estimate of drug-likeness (QED) is 0.454. The molecule has 2 bridgehead atoms. The summed E-state index contributed by atoms with van der Waals surface area (Å²) in [6, 6.07) is 5.54. The highest BCUT2D eigenvalue weighted by atomic mass is 16.5. The van der Waals surface area contributed by atoms with Gasteiger partial charge in [0.25, 0.3) is 0 Å². The van der Waals surface area contributed by atoms with E-state index in [0.717, 1.165) is 12.8 Å². The van der Waals surface area contributed by atoms with Crippen molar-refractivity contribution in [2.45, 2.75) is 89.6 Å². The minimum Gasteiger partial charge on any atom is -0.494 e. The molecule has 3 aliphatic heterocycles. The van der Waals surface area contributed by atoms with Gasteiger partial charge in [-0.25, -0.2) is 0 Å². The van der Waals surface area contributed by atoms with Gasteiger partial charge in [-0.2, -0.15) is 0 Å². The first-order valence-electron chi connectivity index (χ1n) is 13.1. The van der Waals surface area contributed by atoms with Crippen molar-refractivity contribution in [2.75, 3.05) is 18.5 Å². The molecule has 0 aromatic heterocycles. The number of benzene rings is 1. The van der Waals surface area contributed by atoms with E-state index in [1.54, 1.807) is 31.2 Å². The first-order valence-corrected chi connectivity index (χ1v) is 13.1. The molecule has 7 atom stereocenters. The van der Waals surface area contributed by atoms with Gasteiger partial charge in [0, 0.05) is 11.7 Å². The van der Waals surface area contributed by atoms with E-state index >= 15 is 0 Å². The number of likely N-dealkylation sites (tertiary alicyclic amines) is 1. The van der Waals surface area contributed by atoms with Gasteiger partial charge in [-0.05, 0) is 71.2 Å². The second-order valence-corrected chi connectivity index (χ2v) is 10.6. The molecule has 4 rings (SSSR count). The van der Waals surface area contributed by atoms with E-state index in [2.05, 4.69) is 10.6 Å². The number of nitrogens with zero attached hydrogens (tertiary/aromatic N) is 1. The normalized spacial score (nSPS) is 32.2. The zero-order valence-corrected chi connectivity index (χ0v) is 21.9. The third-order valence-electron chi connectivity index (χ3n) is 8.03. The largest absolute Gasteiger partial charge is 0.494 e. The summed E-state index contributed by atoms with van der Waals surface area (Å²) < 4.78 is 12.1. The van der Waals surface area contributed by atoms with Crippen LogP contribution in [-0.2, 0) is 19.1 Å². The second-order valence-electron chi connectivity index (χ2n) is 10.6. The lowest BCUT2D eigenvalue weighted by atomic mass is 9.66. The van der Waals surface area contributed by atoms with E-state index in [1.807, 2.05) is 27.7 Å². The molecular weight excluding hydrogens is 462 g/mol. The van der Waals surface area contributed by atoms with Gasteiger partial charge in [0.15, 0.2) is 0 Å². The molecule has 3 fully saturated rings. The topological polar surface area (TPSA) is 117 Å². The molecule has 0 saturated carbocycles. The number of aliphatic hydroxyl groups excluding tert-OH is 1. The van der Waals surface area contributed by atoms with Gasteiger partial charge in [0.05, 0.1) is 36.7 Å². The number of anilines is 1. The Kier molecular flexibility index (Phi) is 7.35. The Morgan fingerprint density at radius 1 is 1.19 bits per heavy atom. The van der Waals surface area contributed by atoms with Crippen LogP contribution in [0.5, 0.6) is 5.75 Å². The standard InChI is InChI=1S/C27H39N3O6/c1-6-8-16(3)28-24(33)22-27-14-13-26(5,36-27)20(21(27)25(34)30(22)17(4)15-31)23(32)29-18-9-11-19(12-10-18)35-7-2/h9-12,16-17,20-22,31H,6-8,13-15H2,1-5H3,(H,28,33)(H,29,32)/t16?,17-,20+,21+,22?,26-,27?/m1/s1. The van der Waals surface area contributed by atoms with Crippen molar-refractivity contribution < 1.29 is 29.0 Å². The Hall–Kier alpha value is -2.65. The van der Waals surface area contributed by atoms with Crippen molar-refractivity contribution in [3.63, 3.8) is 0 Å². The van der Waals surface area contributed by atoms with Crippen LogP contribution >= 0.6 is 0 Å². The Balaban J connectivity index is 1.65. The minimum atomic E-state index is -1.11. The summed E-state index contributed by atoms with van der Waals surface area (Å²) in [6.07, 6.45) is 2.79. The van der Waals surface area contributed by atoms with Crippen LogP contribution in [0.3, 0.4) is 0 Å². The van der Waals surface area contributed by atoms with Crippen LogP contribution in [0, 0.1) is 11.8 Å². The van der Waals surface area contributed by atoms with E-state index in [0.29, 0.717) is 30.9 Å². The van der Waals surface area contributed by atoms with Gasteiger partial charge < -0.3 is 30.1 Å². The number of aliphatic hydroxyl groups is 1. The molecule has 1 aromatic carbocycles. The van der Waals surface area contributed by atoms with E-state index in [1.165, 1.54) is 4.90 Å². The van der Waals surface area contributed by atoms with Crippen LogP contribution < -0.4 is 15.4 Å². The molecule has 3 aliphatic rings. The highest BCUT2D eigenvalue weighted by Crippen LogP contribution is 2.63. The average Bonchev–Trinajstić information content (AvgIpc) is 3.40. The maximum Gasteiger partial charge on any atom is 0.246 e. The minimum absolute atomic E-state index is 0.0627. The van der Waals surface area contributed by atoms with Crippen LogP contribution in [-0.4, -0.2) is 70.3 Å². The molecule has 3 unspecified atom stereocenters. The maximum absolute atomic E-state index is 13.9. The number of ether oxygens (including phenoxy) is 2. The molecule has 0 radical (unpaired) electrons. The molecule has 36 heavy (non-hydrogen) atoms. The Morgan fingerprint density at radius 2 is 1.89 bits per heavy atom. The summed E-state index contributed by atoms with van der Waals surface area (Å²) in [4.78, 5) is 42.6. The van der Waals surface area contributed by atoms with Crippen molar-refractivity contribution in [2.24, 2.45) is 11.8 Å². The number of hydrogen-bond acceptors (Lipinski definition) is 6. The predicted octanol–water partition coefficient (Wildman–Crippen LogP) is 2.47. The van der Waals surface area contributed by atoms with Crippen LogP contribution in [0.2, 0.25) is 0 Å². The highest BCUT2D eigenvalue weighted by molar-refractivity contribution is 6.02. The summed E-state index contributed by atoms with van der Waals surface area (Å²) in [5.74, 6) is -1.76. The molecule has 9 heteroatoms. The lowest BCUT2D eigenvalue weighted by Crippen LogP contribution is -2.58. The molecule has 1 aromatic rings. The summed E-state index contributed by atoms with van der Waals surface area (Å²) >= 11 is 0. The second kappa shape index (κ2) is 10.0. The zero-order valence-electron chi connectivity index (χ0n) is 21.9. The smallest absolute Gasteiger partial charge is 0.246 e. The molecule has 3 saturated heterocycles. The van der Waals surface area contributed by atoms with E-state index < -0.39 is 35.1 Å². The van der Waals surface area contributed by atoms with Crippen molar-refractivity contribution in [3.05, 3.63) is 24.3 Å². The SMILES string of the molecule is CCCC(C)NC(=O)C1N([C@H](C)CO)C(=O)[C@@H]2[C@@H](C(=O)Nc3ccc(OCC)cc3)[C@@]3(C)CCC12O3. The maximum atomic E-state index is 13.9. The number of nitrogens with one attached hydrogen (secondary N) is 2. The first-order chi connectivity index (χ1) is 17.1. The third kappa shape index (κ3) is 4.26. The van der Waals surface area contributed by atoms with Gasteiger partial charge in [-0.3, -0.25) is 14.4 Å². The van der Waals surface area contributed by atoms with Crippen molar-refractivity contribution >= 4 is 23.4 Å². The lowest BCUT2D eigenvalue weighted by molar-refractivity contribution is -0.148. The fraction of sp³-hybridized carbons (Fsp3) is 0.667. The number of rotatable bonds is 10. The number of carbonyl (C=O) groups excluding carboxylic acids is 3. The van der Waals surface area contributed by atoms with E-state index in [4.69, 9.17) is 9.47 Å². The predicted molar refractivity (Wildman–Crippen MR) is 134 cm³/mol. The van der Waals surface area contributed by atoms with Gasteiger partial charge in [0.1, 0.15) is 17.4 Å². The van der Waals surface area contributed by atoms with Gasteiger partial charge in [-0.1, -0.05) is 13.3 Å². The molecule has 3 heterocycles. The number of fused-ring (bicyclic) bond motifs is 1. The summed E-state index contributed by atoms with van der Waals surface area (Å²) in [5.41, 5.74) is -1.37. The molecular formula is C27H39N3O6.